The number of hydrogen-bond donors (Lipinski definition) is 2. The monoisotopic (exact) mass is 637 g/mol. The number of pyridine rings is 1. The molecule has 0 bridgehead atoms. The SMILES string of the molecule is COc1ccccc1-c1cc(C(=O)Nc2nc3ccc(N4CCC(N5CCN(C)CC5)CC4)cc3n2C2CCC(O)CC2)cc(C)n1. The molecule has 0 atom stereocenters. The van der Waals surface area contributed by atoms with E-state index in [9.17, 15) is 9.90 Å². The predicted molar refractivity (Wildman–Crippen MR) is 186 cm³/mol. The minimum absolute atomic E-state index is 0.139. The molecule has 47 heavy (non-hydrogen) atoms. The van der Waals surface area contributed by atoms with Crippen LogP contribution in [0.3, 0.4) is 0 Å². The second-order valence-electron chi connectivity index (χ2n) is 13.5. The van der Waals surface area contributed by atoms with Gasteiger partial charge < -0.3 is 24.2 Å². The molecule has 10 heteroatoms. The van der Waals surface area contributed by atoms with E-state index in [-0.39, 0.29) is 18.1 Å². The molecule has 0 unspecified atom stereocenters. The van der Waals surface area contributed by atoms with Crippen LogP contribution in [0.1, 0.15) is 60.6 Å². The molecule has 2 aliphatic heterocycles. The summed E-state index contributed by atoms with van der Waals surface area (Å²) in [4.78, 5) is 31.2. The molecular weight excluding hydrogens is 590 g/mol. The quantitative estimate of drug-likeness (QED) is 0.280. The Hall–Kier alpha value is -3.99. The van der Waals surface area contributed by atoms with Crippen LogP contribution in [0.2, 0.25) is 0 Å². The Kier molecular flexibility index (Phi) is 9.16. The summed E-state index contributed by atoms with van der Waals surface area (Å²) >= 11 is 0. The third-order valence-electron chi connectivity index (χ3n) is 10.4. The minimum Gasteiger partial charge on any atom is -0.496 e. The molecule has 1 saturated carbocycles. The maximum atomic E-state index is 13.9. The first kappa shape index (κ1) is 31.6. The maximum absolute atomic E-state index is 13.9. The number of piperidine rings is 1. The Bertz CT molecular complexity index is 1710. The highest BCUT2D eigenvalue weighted by Crippen LogP contribution is 2.37. The van der Waals surface area contributed by atoms with Crippen molar-refractivity contribution in [2.75, 3.05) is 63.6 Å². The molecule has 2 saturated heterocycles. The molecule has 4 aromatic rings. The van der Waals surface area contributed by atoms with Gasteiger partial charge in [-0.3, -0.25) is 20.0 Å². The van der Waals surface area contributed by atoms with Gasteiger partial charge in [-0.15, -0.1) is 0 Å². The van der Waals surface area contributed by atoms with Gasteiger partial charge in [-0.2, -0.15) is 0 Å². The van der Waals surface area contributed by atoms with Gasteiger partial charge in [0.05, 0.1) is 29.9 Å². The highest BCUT2D eigenvalue weighted by atomic mass is 16.5. The van der Waals surface area contributed by atoms with Crippen molar-refractivity contribution in [1.82, 2.24) is 24.3 Å². The van der Waals surface area contributed by atoms with Crippen molar-refractivity contribution in [1.29, 1.82) is 0 Å². The van der Waals surface area contributed by atoms with Crippen LogP contribution in [0.15, 0.2) is 54.6 Å². The summed E-state index contributed by atoms with van der Waals surface area (Å²) in [6.07, 6.45) is 5.22. The summed E-state index contributed by atoms with van der Waals surface area (Å²) in [5.41, 5.74) is 5.87. The van der Waals surface area contributed by atoms with Gasteiger partial charge in [0.15, 0.2) is 0 Å². The van der Waals surface area contributed by atoms with E-state index in [1.165, 1.54) is 18.5 Å². The number of likely N-dealkylation sites (N-methyl/N-ethyl adjacent to an activating group) is 1. The van der Waals surface area contributed by atoms with Gasteiger partial charge >= 0.3 is 0 Å². The van der Waals surface area contributed by atoms with Gasteiger partial charge in [-0.05, 0) is 95.0 Å². The number of nitrogens with one attached hydrogen (secondary N) is 1. The standard InChI is InChI=1S/C37H47N7O3/c1-25-22-26(23-33(38-25)31-6-4-5-7-35(31)47-3)36(46)40-37-39-32-13-10-29(24-34(32)44(37)28-8-11-30(45)12-9-28)42-16-14-27(15-17-42)43-20-18-41(2)19-21-43/h4-7,10,13,22-24,27-28,30,45H,8-9,11-12,14-21H2,1-3H3,(H,39,40,46). The van der Waals surface area contributed by atoms with E-state index in [1.807, 2.05) is 43.3 Å². The Morgan fingerprint density at radius 3 is 2.36 bits per heavy atom. The van der Waals surface area contributed by atoms with Gasteiger partial charge in [0.25, 0.3) is 5.91 Å². The Morgan fingerprint density at radius 2 is 1.62 bits per heavy atom. The first-order valence-corrected chi connectivity index (χ1v) is 17.2. The zero-order valence-electron chi connectivity index (χ0n) is 27.9. The number of anilines is 2. The van der Waals surface area contributed by atoms with Crippen LogP contribution in [-0.4, -0.2) is 101 Å². The van der Waals surface area contributed by atoms with E-state index in [0.29, 0.717) is 29.0 Å². The average molecular weight is 638 g/mol. The number of aromatic nitrogens is 3. The summed E-state index contributed by atoms with van der Waals surface area (Å²) in [5, 5.41) is 13.5. The van der Waals surface area contributed by atoms with Crippen LogP contribution in [0, 0.1) is 6.92 Å². The molecule has 2 N–H and O–H groups in total. The van der Waals surface area contributed by atoms with Crippen LogP contribution in [-0.2, 0) is 0 Å². The highest BCUT2D eigenvalue weighted by Gasteiger charge is 2.29. The molecule has 1 amide bonds. The van der Waals surface area contributed by atoms with E-state index in [1.54, 1.807) is 7.11 Å². The summed E-state index contributed by atoms with van der Waals surface area (Å²) in [7, 11) is 3.85. The minimum atomic E-state index is -0.274. The van der Waals surface area contributed by atoms with Gasteiger partial charge in [0, 0.05) is 73.9 Å². The number of imidazole rings is 1. The van der Waals surface area contributed by atoms with E-state index in [0.717, 1.165) is 87.2 Å². The first-order chi connectivity index (χ1) is 22.9. The summed E-state index contributed by atoms with van der Waals surface area (Å²) in [5.74, 6) is 1.02. The van der Waals surface area contributed by atoms with E-state index >= 15 is 0 Å². The van der Waals surface area contributed by atoms with Crippen molar-refractivity contribution in [2.45, 2.75) is 63.6 Å². The molecule has 248 valence electrons. The molecule has 4 heterocycles. The van der Waals surface area contributed by atoms with E-state index in [4.69, 9.17) is 14.7 Å². The molecule has 3 fully saturated rings. The third-order valence-corrected chi connectivity index (χ3v) is 10.4. The number of carbonyl (C=O) groups is 1. The summed E-state index contributed by atoms with van der Waals surface area (Å²) in [6.45, 7) is 8.60. The number of piperazine rings is 1. The number of amides is 1. The predicted octanol–water partition coefficient (Wildman–Crippen LogP) is 5.36. The number of carbonyl (C=O) groups excluding carboxylic acids is 1. The lowest BCUT2D eigenvalue weighted by Crippen LogP contribution is -2.52. The fraction of sp³-hybridized carbons (Fsp3) is 0.486. The Labute approximate surface area is 277 Å². The van der Waals surface area contributed by atoms with Gasteiger partial charge in [0.1, 0.15) is 5.75 Å². The third kappa shape index (κ3) is 6.72. The van der Waals surface area contributed by atoms with E-state index in [2.05, 4.69) is 49.8 Å². The smallest absolute Gasteiger partial charge is 0.258 e. The second kappa shape index (κ2) is 13.6. The number of rotatable bonds is 7. The van der Waals surface area contributed by atoms with Crippen molar-refractivity contribution in [2.24, 2.45) is 0 Å². The van der Waals surface area contributed by atoms with Crippen molar-refractivity contribution < 1.29 is 14.6 Å². The van der Waals surface area contributed by atoms with Crippen molar-refractivity contribution in [3.63, 3.8) is 0 Å². The molecule has 2 aromatic heterocycles. The van der Waals surface area contributed by atoms with Crippen LogP contribution < -0.4 is 15.0 Å². The van der Waals surface area contributed by atoms with Crippen molar-refractivity contribution >= 4 is 28.6 Å². The maximum Gasteiger partial charge on any atom is 0.258 e. The molecule has 3 aliphatic rings. The largest absolute Gasteiger partial charge is 0.496 e. The summed E-state index contributed by atoms with van der Waals surface area (Å²) < 4.78 is 7.79. The average Bonchev–Trinajstić information content (AvgIpc) is 3.45. The zero-order valence-corrected chi connectivity index (χ0v) is 27.9. The molecule has 1 aliphatic carbocycles. The number of aryl methyl sites for hydroxylation is 1. The van der Waals surface area contributed by atoms with Crippen molar-refractivity contribution in [3.8, 4) is 17.0 Å². The number of aliphatic hydroxyl groups is 1. The number of fused-ring (bicyclic) bond motifs is 1. The zero-order chi connectivity index (χ0) is 32.5. The summed E-state index contributed by atoms with van der Waals surface area (Å²) in [6, 6.07) is 18.7. The molecule has 10 nitrogen and oxygen atoms in total. The number of aliphatic hydroxyl groups excluding tert-OH is 1. The topological polar surface area (TPSA) is 99.0 Å². The second-order valence-corrected chi connectivity index (χ2v) is 13.5. The van der Waals surface area contributed by atoms with Crippen LogP contribution in [0.25, 0.3) is 22.3 Å². The fourth-order valence-electron chi connectivity index (χ4n) is 7.70. The molecule has 7 rings (SSSR count). The Morgan fingerprint density at radius 1 is 0.872 bits per heavy atom. The number of methoxy groups -OCH3 is 1. The number of nitrogens with zero attached hydrogens (tertiary/aromatic N) is 6. The number of hydrogen-bond acceptors (Lipinski definition) is 8. The van der Waals surface area contributed by atoms with Gasteiger partial charge in [-0.25, -0.2) is 4.98 Å². The number of benzene rings is 2. The number of para-hydroxylation sites is 1. The van der Waals surface area contributed by atoms with Crippen molar-refractivity contribution in [3.05, 3.63) is 65.9 Å². The lowest BCUT2D eigenvalue weighted by Gasteiger charge is -2.42. The lowest BCUT2D eigenvalue weighted by molar-refractivity contribution is 0.0982. The normalized spacial score (nSPS) is 21.7. The van der Waals surface area contributed by atoms with Gasteiger partial charge in [0.2, 0.25) is 5.95 Å². The molecule has 2 aromatic carbocycles. The lowest BCUT2D eigenvalue weighted by atomic mass is 9.93. The molecular formula is C37H47N7O3. The van der Waals surface area contributed by atoms with E-state index < -0.39 is 0 Å². The molecule has 0 radical (unpaired) electrons. The van der Waals surface area contributed by atoms with Crippen LogP contribution in [0.5, 0.6) is 5.75 Å². The highest BCUT2D eigenvalue weighted by molar-refractivity contribution is 6.05. The molecule has 0 spiro atoms. The fourth-order valence-corrected chi connectivity index (χ4v) is 7.70. The van der Waals surface area contributed by atoms with Crippen LogP contribution >= 0.6 is 0 Å². The van der Waals surface area contributed by atoms with Gasteiger partial charge in [-0.1, -0.05) is 12.1 Å². The van der Waals surface area contributed by atoms with Crippen LogP contribution in [0.4, 0.5) is 11.6 Å². The Balaban J connectivity index is 1.16. The first-order valence-electron chi connectivity index (χ1n) is 17.2. The number of ether oxygens (including phenoxy) is 1.